The Balaban J connectivity index is 2.66. The molecule has 0 bridgehead atoms. The maximum absolute atomic E-state index is 10.9. The molecule has 0 fully saturated rings. The minimum Gasteiger partial charge on any atom is -0.478 e. The van der Waals surface area contributed by atoms with Gasteiger partial charge in [0.1, 0.15) is 11.8 Å². The van der Waals surface area contributed by atoms with Crippen molar-refractivity contribution in [2.75, 3.05) is 5.73 Å². The normalized spacial score (nSPS) is 9.82. The van der Waals surface area contributed by atoms with Crippen molar-refractivity contribution in [1.82, 2.24) is 4.57 Å². The second-order valence-electron chi connectivity index (χ2n) is 3.42. The Bertz CT molecular complexity index is 623. The van der Waals surface area contributed by atoms with Crippen molar-refractivity contribution in [3.05, 3.63) is 47.8 Å². The molecule has 0 amide bonds. The van der Waals surface area contributed by atoms with Crippen molar-refractivity contribution in [2.45, 2.75) is 0 Å². The van der Waals surface area contributed by atoms with Crippen LogP contribution in [-0.4, -0.2) is 15.6 Å². The van der Waals surface area contributed by atoms with E-state index in [-0.39, 0.29) is 11.3 Å². The summed E-state index contributed by atoms with van der Waals surface area (Å²) in [4.78, 5) is 10.9. The van der Waals surface area contributed by atoms with E-state index in [9.17, 15) is 4.79 Å². The van der Waals surface area contributed by atoms with E-state index in [1.165, 1.54) is 6.07 Å². The van der Waals surface area contributed by atoms with Crippen molar-refractivity contribution in [1.29, 1.82) is 5.26 Å². The van der Waals surface area contributed by atoms with Gasteiger partial charge < -0.3 is 15.4 Å². The number of benzene rings is 1. The van der Waals surface area contributed by atoms with Crippen molar-refractivity contribution in [3.63, 3.8) is 0 Å². The van der Waals surface area contributed by atoms with Crippen LogP contribution in [0.2, 0.25) is 0 Å². The number of carbonyl (C=O) groups is 1. The van der Waals surface area contributed by atoms with Gasteiger partial charge in [0.25, 0.3) is 0 Å². The van der Waals surface area contributed by atoms with Gasteiger partial charge in [-0.25, -0.2) is 4.79 Å². The molecular formula is C12H9N3O2. The maximum Gasteiger partial charge on any atom is 0.337 e. The highest BCUT2D eigenvalue weighted by Gasteiger charge is 2.13. The molecule has 3 N–H and O–H groups in total. The van der Waals surface area contributed by atoms with Crippen LogP contribution in [0.15, 0.2) is 36.5 Å². The smallest absolute Gasteiger partial charge is 0.337 e. The number of aromatic nitrogens is 1. The molecule has 2 rings (SSSR count). The third-order valence-electron chi connectivity index (χ3n) is 2.44. The number of carboxylic acid groups (broad SMARTS) is 1. The summed E-state index contributed by atoms with van der Waals surface area (Å²) in [6, 6.07) is 10.0. The number of nitrogens with zero attached hydrogens (tertiary/aromatic N) is 2. The van der Waals surface area contributed by atoms with Crippen LogP contribution in [0.1, 0.15) is 16.1 Å². The fraction of sp³-hybridized carbons (Fsp3) is 0. The number of hydrogen-bond donors (Lipinski definition) is 2. The molecule has 0 saturated carbocycles. The highest BCUT2D eigenvalue weighted by atomic mass is 16.4. The van der Waals surface area contributed by atoms with Crippen LogP contribution in [-0.2, 0) is 0 Å². The van der Waals surface area contributed by atoms with Gasteiger partial charge in [-0.1, -0.05) is 6.07 Å². The van der Waals surface area contributed by atoms with Gasteiger partial charge in [-0.2, -0.15) is 5.26 Å². The van der Waals surface area contributed by atoms with Crippen LogP contribution in [0.25, 0.3) is 5.69 Å². The Morgan fingerprint density at radius 1 is 1.35 bits per heavy atom. The highest BCUT2D eigenvalue weighted by molar-refractivity contribution is 5.95. The molecule has 0 spiro atoms. The first kappa shape index (κ1) is 10.8. The Morgan fingerprint density at radius 2 is 2.12 bits per heavy atom. The first-order valence-corrected chi connectivity index (χ1v) is 4.84. The molecule has 0 atom stereocenters. The van der Waals surface area contributed by atoms with Crippen molar-refractivity contribution < 1.29 is 9.90 Å². The summed E-state index contributed by atoms with van der Waals surface area (Å²) in [5, 5.41) is 17.9. The molecule has 0 unspecified atom stereocenters. The molecule has 0 aliphatic carbocycles. The van der Waals surface area contributed by atoms with Gasteiger partial charge in [-0.05, 0) is 24.3 Å². The molecule has 84 valence electrons. The average molecular weight is 227 g/mol. The predicted molar refractivity (Wildman–Crippen MR) is 61.9 cm³/mol. The number of rotatable bonds is 2. The van der Waals surface area contributed by atoms with Crippen molar-refractivity contribution in [3.8, 4) is 11.8 Å². The number of anilines is 1. The number of para-hydroxylation sites is 1. The lowest BCUT2D eigenvalue weighted by Gasteiger charge is -2.10. The second-order valence-corrected chi connectivity index (χ2v) is 3.42. The van der Waals surface area contributed by atoms with Crippen molar-refractivity contribution in [2.24, 2.45) is 0 Å². The third-order valence-corrected chi connectivity index (χ3v) is 2.44. The summed E-state index contributed by atoms with van der Waals surface area (Å²) in [6.07, 6.45) is 1.66. The molecular weight excluding hydrogens is 218 g/mol. The van der Waals surface area contributed by atoms with Crippen LogP contribution in [0, 0.1) is 11.3 Å². The van der Waals surface area contributed by atoms with Crippen LogP contribution in [0.3, 0.4) is 0 Å². The van der Waals surface area contributed by atoms with E-state index in [1.54, 1.807) is 35.0 Å². The lowest BCUT2D eigenvalue weighted by Crippen LogP contribution is -2.07. The predicted octanol–water partition coefficient (Wildman–Crippen LogP) is 1.63. The van der Waals surface area contributed by atoms with E-state index >= 15 is 0 Å². The highest BCUT2D eigenvalue weighted by Crippen LogP contribution is 2.23. The van der Waals surface area contributed by atoms with Crippen LogP contribution in [0.5, 0.6) is 0 Å². The van der Waals surface area contributed by atoms with E-state index in [1.807, 2.05) is 6.07 Å². The van der Waals surface area contributed by atoms with Gasteiger partial charge >= 0.3 is 5.97 Å². The fourth-order valence-electron chi connectivity index (χ4n) is 1.63. The molecule has 0 aliphatic heterocycles. The molecule has 1 heterocycles. The zero-order valence-electron chi connectivity index (χ0n) is 8.79. The monoisotopic (exact) mass is 227 g/mol. The Kier molecular flexibility index (Phi) is 2.55. The lowest BCUT2D eigenvalue weighted by molar-refractivity contribution is 0.0698. The van der Waals surface area contributed by atoms with E-state index in [4.69, 9.17) is 16.1 Å². The quantitative estimate of drug-likeness (QED) is 0.762. The molecule has 0 saturated heterocycles. The summed E-state index contributed by atoms with van der Waals surface area (Å²) < 4.78 is 1.56. The molecule has 5 nitrogen and oxygen atoms in total. The molecule has 1 aromatic carbocycles. The summed E-state index contributed by atoms with van der Waals surface area (Å²) >= 11 is 0. The number of carboxylic acids is 1. The van der Waals surface area contributed by atoms with Gasteiger partial charge in [0.15, 0.2) is 0 Å². The molecule has 1 aromatic heterocycles. The van der Waals surface area contributed by atoms with Crippen LogP contribution in [0.4, 0.5) is 5.69 Å². The summed E-state index contributed by atoms with van der Waals surface area (Å²) in [5.74, 6) is -1.09. The Morgan fingerprint density at radius 3 is 2.76 bits per heavy atom. The van der Waals surface area contributed by atoms with E-state index in [0.29, 0.717) is 11.4 Å². The van der Waals surface area contributed by atoms with Gasteiger partial charge in [0.2, 0.25) is 0 Å². The SMILES string of the molecule is N#Cc1cccn1-c1cccc(C(=O)O)c1N. The minimum atomic E-state index is -1.09. The number of aromatic carboxylic acids is 1. The number of nitriles is 1. The molecule has 0 radical (unpaired) electrons. The number of nitrogen functional groups attached to an aromatic ring is 1. The van der Waals surface area contributed by atoms with E-state index in [2.05, 4.69) is 0 Å². The summed E-state index contributed by atoms with van der Waals surface area (Å²) in [6.45, 7) is 0. The molecule has 5 heteroatoms. The molecule has 2 aromatic rings. The number of nitrogens with two attached hydrogens (primary N) is 1. The second kappa shape index (κ2) is 4.02. The third kappa shape index (κ3) is 1.72. The average Bonchev–Trinajstić information content (AvgIpc) is 2.76. The van der Waals surface area contributed by atoms with Crippen LogP contribution < -0.4 is 5.73 Å². The Hall–Kier alpha value is -2.74. The first-order chi connectivity index (χ1) is 8.15. The molecule has 17 heavy (non-hydrogen) atoms. The minimum absolute atomic E-state index is 0.0279. The largest absolute Gasteiger partial charge is 0.478 e. The first-order valence-electron chi connectivity index (χ1n) is 4.84. The summed E-state index contributed by atoms with van der Waals surface area (Å²) in [5.41, 5.74) is 6.86. The standard InChI is InChI=1S/C12H9N3O2/c13-7-8-3-2-6-15(8)10-5-1-4-9(11(10)14)12(16)17/h1-6H,14H2,(H,16,17). The fourth-order valence-corrected chi connectivity index (χ4v) is 1.63. The van der Waals surface area contributed by atoms with Gasteiger partial charge in [0.05, 0.1) is 16.9 Å². The van der Waals surface area contributed by atoms with E-state index < -0.39 is 5.97 Å². The topological polar surface area (TPSA) is 92.0 Å². The van der Waals surface area contributed by atoms with E-state index in [0.717, 1.165) is 0 Å². The zero-order chi connectivity index (χ0) is 12.4. The lowest BCUT2D eigenvalue weighted by atomic mass is 10.1. The molecule has 0 aliphatic rings. The van der Waals surface area contributed by atoms with Gasteiger partial charge in [-0.3, -0.25) is 0 Å². The maximum atomic E-state index is 10.9. The van der Waals surface area contributed by atoms with Crippen molar-refractivity contribution >= 4 is 11.7 Å². The number of hydrogen-bond acceptors (Lipinski definition) is 3. The zero-order valence-corrected chi connectivity index (χ0v) is 8.79. The van der Waals surface area contributed by atoms with Gasteiger partial charge in [0, 0.05) is 6.20 Å². The summed E-state index contributed by atoms with van der Waals surface area (Å²) in [7, 11) is 0. The Labute approximate surface area is 97.3 Å². The van der Waals surface area contributed by atoms with Gasteiger partial charge in [-0.15, -0.1) is 0 Å². The van der Waals surface area contributed by atoms with Crippen LogP contribution >= 0.6 is 0 Å².